The van der Waals surface area contributed by atoms with E-state index < -0.39 is 5.97 Å². The molecule has 2 rings (SSSR count). The highest BCUT2D eigenvalue weighted by molar-refractivity contribution is 9.08. The van der Waals surface area contributed by atoms with E-state index in [1.807, 2.05) is 6.07 Å². The first-order valence-corrected chi connectivity index (χ1v) is 7.14. The van der Waals surface area contributed by atoms with E-state index in [1.54, 1.807) is 25.1 Å². The van der Waals surface area contributed by atoms with Crippen LogP contribution >= 0.6 is 27.5 Å². The number of alkyl halides is 1. The molecule has 0 saturated heterocycles. The predicted octanol–water partition coefficient (Wildman–Crippen LogP) is 4.07. The number of nitrogens with zero attached hydrogens (tertiary/aromatic N) is 1. The molecule has 0 aliphatic rings. The summed E-state index contributed by atoms with van der Waals surface area (Å²) in [5, 5.41) is 4.89. The second-order valence-corrected chi connectivity index (χ2v) is 4.69. The number of carbonyl (C=O) groups is 1. The van der Waals surface area contributed by atoms with E-state index in [0.717, 1.165) is 0 Å². The summed E-state index contributed by atoms with van der Waals surface area (Å²) >= 11 is 9.21. The lowest BCUT2D eigenvalue weighted by molar-refractivity contribution is 0.0525. The van der Waals surface area contributed by atoms with Crippen LogP contribution in [0.3, 0.4) is 0 Å². The van der Waals surface area contributed by atoms with Gasteiger partial charge in [-0.3, -0.25) is 0 Å². The summed E-state index contributed by atoms with van der Waals surface area (Å²) < 4.78 is 10.2. The molecule has 0 radical (unpaired) electrons. The second kappa shape index (κ2) is 6.21. The third-order valence-electron chi connectivity index (χ3n) is 2.46. The molecule has 0 bridgehead atoms. The van der Waals surface area contributed by atoms with Gasteiger partial charge < -0.3 is 9.26 Å². The molecule has 0 unspecified atom stereocenters. The van der Waals surface area contributed by atoms with E-state index in [-0.39, 0.29) is 0 Å². The van der Waals surface area contributed by atoms with Crippen molar-refractivity contribution in [2.75, 3.05) is 6.61 Å². The Morgan fingerprint density at radius 1 is 1.53 bits per heavy atom. The monoisotopic (exact) mass is 343 g/mol. The molecule has 0 aliphatic carbocycles. The van der Waals surface area contributed by atoms with Gasteiger partial charge in [0.1, 0.15) is 11.3 Å². The van der Waals surface area contributed by atoms with Gasteiger partial charge in [0.15, 0.2) is 5.76 Å². The van der Waals surface area contributed by atoms with E-state index in [2.05, 4.69) is 21.1 Å². The molecule has 2 aromatic rings. The Morgan fingerprint density at radius 2 is 2.32 bits per heavy atom. The van der Waals surface area contributed by atoms with E-state index >= 15 is 0 Å². The number of aromatic nitrogens is 1. The molecule has 0 fully saturated rings. The number of rotatable bonds is 4. The topological polar surface area (TPSA) is 52.3 Å². The van der Waals surface area contributed by atoms with E-state index in [4.69, 9.17) is 20.9 Å². The SMILES string of the molecule is CCOC(=O)c1c(-c2cccc(Cl)c2)noc1CBr. The van der Waals surface area contributed by atoms with Gasteiger partial charge in [0, 0.05) is 10.6 Å². The van der Waals surface area contributed by atoms with Crippen molar-refractivity contribution in [1.29, 1.82) is 0 Å². The first kappa shape index (κ1) is 14.1. The van der Waals surface area contributed by atoms with Gasteiger partial charge in [0.2, 0.25) is 0 Å². The van der Waals surface area contributed by atoms with Crippen molar-refractivity contribution in [3.05, 3.63) is 40.6 Å². The third-order valence-corrected chi connectivity index (χ3v) is 3.21. The molecule has 19 heavy (non-hydrogen) atoms. The number of carbonyl (C=O) groups excluding carboxylic acids is 1. The molecular formula is C13H11BrClNO3. The highest BCUT2D eigenvalue weighted by Gasteiger charge is 2.24. The Kier molecular flexibility index (Phi) is 4.61. The first-order chi connectivity index (χ1) is 9.17. The summed E-state index contributed by atoms with van der Waals surface area (Å²) in [7, 11) is 0. The minimum absolute atomic E-state index is 0.292. The molecule has 1 aromatic heterocycles. The summed E-state index contributed by atoms with van der Waals surface area (Å²) in [6.45, 7) is 2.04. The smallest absolute Gasteiger partial charge is 0.344 e. The summed E-state index contributed by atoms with van der Waals surface area (Å²) in [6, 6.07) is 7.07. The van der Waals surface area contributed by atoms with Crippen LogP contribution in [0, 0.1) is 0 Å². The van der Waals surface area contributed by atoms with Crippen molar-refractivity contribution in [3.63, 3.8) is 0 Å². The van der Waals surface area contributed by atoms with Crippen molar-refractivity contribution in [2.24, 2.45) is 0 Å². The zero-order valence-corrected chi connectivity index (χ0v) is 12.5. The fourth-order valence-corrected chi connectivity index (χ4v) is 2.23. The lowest BCUT2D eigenvalue weighted by Crippen LogP contribution is -2.07. The summed E-state index contributed by atoms with van der Waals surface area (Å²) in [5.74, 6) is -0.0124. The Hall–Kier alpha value is -1.33. The lowest BCUT2D eigenvalue weighted by atomic mass is 10.1. The summed E-state index contributed by atoms with van der Waals surface area (Å²) in [4.78, 5) is 12.0. The van der Waals surface area contributed by atoms with E-state index in [1.165, 1.54) is 0 Å². The molecule has 6 heteroatoms. The number of benzene rings is 1. The van der Waals surface area contributed by atoms with Crippen LogP contribution in [0.25, 0.3) is 11.3 Å². The predicted molar refractivity (Wildman–Crippen MR) is 75.5 cm³/mol. The van der Waals surface area contributed by atoms with E-state index in [9.17, 15) is 4.79 Å². The minimum Gasteiger partial charge on any atom is -0.462 e. The van der Waals surface area contributed by atoms with Crippen LogP contribution in [0.4, 0.5) is 0 Å². The Labute approximate surface area is 123 Å². The van der Waals surface area contributed by atoms with Gasteiger partial charge in [-0.1, -0.05) is 44.8 Å². The Balaban J connectivity index is 2.52. The molecule has 4 nitrogen and oxygen atoms in total. The number of ether oxygens (including phenoxy) is 1. The van der Waals surface area contributed by atoms with Gasteiger partial charge >= 0.3 is 5.97 Å². The molecule has 1 aromatic carbocycles. The van der Waals surface area contributed by atoms with Crippen LogP contribution in [-0.4, -0.2) is 17.7 Å². The zero-order chi connectivity index (χ0) is 13.8. The molecule has 0 aliphatic heterocycles. The molecule has 0 atom stereocenters. The van der Waals surface area contributed by atoms with Gasteiger partial charge in [-0.05, 0) is 19.1 Å². The third kappa shape index (κ3) is 2.98. The highest BCUT2D eigenvalue weighted by atomic mass is 79.9. The normalized spacial score (nSPS) is 10.5. The van der Waals surface area contributed by atoms with Gasteiger partial charge in [-0.2, -0.15) is 0 Å². The largest absolute Gasteiger partial charge is 0.462 e. The number of esters is 1. The molecular weight excluding hydrogens is 334 g/mol. The molecule has 0 spiro atoms. The molecule has 1 heterocycles. The quantitative estimate of drug-likeness (QED) is 0.620. The molecule has 0 N–H and O–H groups in total. The zero-order valence-electron chi connectivity index (χ0n) is 10.2. The lowest BCUT2D eigenvalue weighted by Gasteiger charge is -2.03. The second-order valence-electron chi connectivity index (χ2n) is 3.69. The minimum atomic E-state index is -0.451. The maximum absolute atomic E-state index is 12.0. The number of halogens is 2. The molecule has 0 amide bonds. The van der Waals surface area contributed by atoms with Crippen LogP contribution < -0.4 is 0 Å². The number of hydrogen-bond acceptors (Lipinski definition) is 4. The Morgan fingerprint density at radius 3 is 2.95 bits per heavy atom. The van der Waals surface area contributed by atoms with E-state index in [0.29, 0.717) is 39.5 Å². The van der Waals surface area contributed by atoms with Crippen molar-refractivity contribution >= 4 is 33.5 Å². The highest BCUT2D eigenvalue weighted by Crippen LogP contribution is 2.29. The van der Waals surface area contributed by atoms with Gasteiger partial charge in [-0.15, -0.1) is 0 Å². The average Bonchev–Trinajstić information content (AvgIpc) is 2.82. The van der Waals surface area contributed by atoms with Crippen molar-refractivity contribution < 1.29 is 14.1 Å². The van der Waals surface area contributed by atoms with Gasteiger partial charge in [0.25, 0.3) is 0 Å². The van der Waals surface area contributed by atoms with Crippen LogP contribution in [0.2, 0.25) is 5.02 Å². The fraction of sp³-hybridized carbons (Fsp3) is 0.231. The number of hydrogen-bond donors (Lipinski definition) is 0. The standard InChI is InChI=1S/C13H11BrClNO3/c1-2-18-13(17)11-10(7-14)19-16-12(11)8-4-3-5-9(15)6-8/h3-6H,2,7H2,1H3. The first-order valence-electron chi connectivity index (χ1n) is 5.65. The van der Waals surface area contributed by atoms with Gasteiger partial charge in [0.05, 0.1) is 11.9 Å². The van der Waals surface area contributed by atoms with Crippen LogP contribution in [-0.2, 0) is 10.1 Å². The Bertz CT molecular complexity index is 597. The maximum atomic E-state index is 12.0. The van der Waals surface area contributed by atoms with Crippen LogP contribution in [0.1, 0.15) is 23.0 Å². The van der Waals surface area contributed by atoms with Crippen molar-refractivity contribution in [3.8, 4) is 11.3 Å². The van der Waals surface area contributed by atoms with Gasteiger partial charge in [-0.25, -0.2) is 4.79 Å². The fourth-order valence-electron chi connectivity index (χ4n) is 1.66. The molecule has 0 saturated carbocycles. The maximum Gasteiger partial charge on any atom is 0.344 e. The molecule has 100 valence electrons. The van der Waals surface area contributed by atoms with Crippen LogP contribution in [0.15, 0.2) is 28.8 Å². The van der Waals surface area contributed by atoms with Crippen molar-refractivity contribution in [1.82, 2.24) is 5.16 Å². The van der Waals surface area contributed by atoms with Crippen molar-refractivity contribution in [2.45, 2.75) is 12.3 Å². The summed E-state index contributed by atoms with van der Waals surface area (Å²) in [5.41, 5.74) is 1.49. The van der Waals surface area contributed by atoms with Crippen LogP contribution in [0.5, 0.6) is 0 Å². The average molecular weight is 345 g/mol. The summed E-state index contributed by atoms with van der Waals surface area (Å²) in [6.07, 6.45) is 0.